The second-order valence-corrected chi connectivity index (χ2v) is 7.67. The normalized spacial score (nSPS) is 24.0. The van der Waals surface area contributed by atoms with E-state index >= 15 is 0 Å². The van der Waals surface area contributed by atoms with Crippen LogP contribution in [0.15, 0.2) is 24.3 Å². The lowest BCUT2D eigenvalue weighted by Crippen LogP contribution is -2.54. The summed E-state index contributed by atoms with van der Waals surface area (Å²) in [5.41, 5.74) is 6.83. The Balaban J connectivity index is 0.00000280. The average molecular weight is 410 g/mol. The Morgan fingerprint density at radius 2 is 1.96 bits per heavy atom. The standard InChI is InChI=1S/C21H31N3O3.ClH/c1-3-16(4-2)23-20(25)19-13-24(17-10-5-6-11-18(17)27-19)21(26)14-8-7-9-15(22)12-14;/h5-6,10-11,14-16,19H,3-4,7-9,12-13,22H2,1-2H3,(H,23,25);1H. The molecule has 3 atom stereocenters. The van der Waals surface area contributed by atoms with Gasteiger partial charge in [-0.25, -0.2) is 0 Å². The maximum atomic E-state index is 13.2. The third-order valence-corrected chi connectivity index (χ3v) is 5.73. The van der Waals surface area contributed by atoms with E-state index in [4.69, 9.17) is 10.5 Å². The molecule has 1 fully saturated rings. The fourth-order valence-corrected chi connectivity index (χ4v) is 4.04. The summed E-state index contributed by atoms with van der Waals surface area (Å²) in [6, 6.07) is 7.65. The van der Waals surface area contributed by atoms with Crippen LogP contribution >= 0.6 is 12.4 Å². The fourth-order valence-electron chi connectivity index (χ4n) is 4.04. The van der Waals surface area contributed by atoms with Gasteiger partial charge in [0.1, 0.15) is 5.75 Å². The van der Waals surface area contributed by atoms with E-state index in [9.17, 15) is 9.59 Å². The molecule has 1 saturated carbocycles. The summed E-state index contributed by atoms with van der Waals surface area (Å²) in [5, 5.41) is 3.04. The van der Waals surface area contributed by atoms with Crippen molar-refractivity contribution in [3.8, 4) is 5.75 Å². The summed E-state index contributed by atoms with van der Waals surface area (Å²) in [7, 11) is 0. The summed E-state index contributed by atoms with van der Waals surface area (Å²) in [6.07, 6.45) is 4.57. The molecule has 1 aromatic carbocycles. The van der Waals surface area contributed by atoms with Crippen LogP contribution in [0.5, 0.6) is 5.75 Å². The molecule has 0 radical (unpaired) electrons. The van der Waals surface area contributed by atoms with Gasteiger partial charge in [-0.05, 0) is 44.2 Å². The van der Waals surface area contributed by atoms with Crippen LogP contribution in [0.2, 0.25) is 0 Å². The van der Waals surface area contributed by atoms with E-state index in [1.54, 1.807) is 4.90 Å². The van der Waals surface area contributed by atoms with E-state index in [1.165, 1.54) is 0 Å². The number of ether oxygens (including phenoxy) is 1. The number of benzene rings is 1. The van der Waals surface area contributed by atoms with Crippen molar-refractivity contribution in [2.24, 2.45) is 11.7 Å². The first-order chi connectivity index (χ1) is 13.0. The smallest absolute Gasteiger partial charge is 0.263 e. The van der Waals surface area contributed by atoms with Crippen molar-refractivity contribution in [1.29, 1.82) is 0 Å². The molecule has 28 heavy (non-hydrogen) atoms. The van der Waals surface area contributed by atoms with Gasteiger partial charge >= 0.3 is 0 Å². The molecule has 0 saturated heterocycles. The van der Waals surface area contributed by atoms with Crippen molar-refractivity contribution >= 4 is 29.9 Å². The van der Waals surface area contributed by atoms with E-state index in [0.717, 1.165) is 37.8 Å². The number of para-hydroxylation sites is 2. The molecule has 2 amide bonds. The van der Waals surface area contributed by atoms with Gasteiger partial charge in [0, 0.05) is 18.0 Å². The highest BCUT2D eigenvalue weighted by Crippen LogP contribution is 2.36. The van der Waals surface area contributed by atoms with Crippen molar-refractivity contribution in [2.45, 2.75) is 70.6 Å². The minimum absolute atomic E-state index is 0. The Morgan fingerprint density at radius 1 is 1.25 bits per heavy atom. The second kappa shape index (κ2) is 10.1. The van der Waals surface area contributed by atoms with Crippen LogP contribution in [0.1, 0.15) is 52.4 Å². The van der Waals surface area contributed by atoms with Crippen LogP contribution in [-0.4, -0.2) is 36.5 Å². The van der Waals surface area contributed by atoms with E-state index in [-0.39, 0.29) is 48.8 Å². The van der Waals surface area contributed by atoms with Crippen molar-refractivity contribution < 1.29 is 14.3 Å². The van der Waals surface area contributed by atoms with Crippen LogP contribution in [0.3, 0.4) is 0 Å². The van der Waals surface area contributed by atoms with E-state index in [2.05, 4.69) is 5.32 Å². The first kappa shape index (κ1) is 22.5. The van der Waals surface area contributed by atoms with Gasteiger partial charge in [-0.3, -0.25) is 9.59 Å². The Morgan fingerprint density at radius 3 is 2.64 bits per heavy atom. The predicted molar refractivity (Wildman–Crippen MR) is 113 cm³/mol. The molecule has 0 aromatic heterocycles. The van der Waals surface area contributed by atoms with Gasteiger partial charge in [0.05, 0.1) is 12.2 Å². The Kier molecular flexibility index (Phi) is 8.13. The zero-order chi connectivity index (χ0) is 19.4. The predicted octanol–water partition coefficient (Wildman–Crippen LogP) is 3.02. The number of carbonyl (C=O) groups excluding carboxylic acids is 2. The van der Waals surface area contributed by atoms with Crippen molar-refractivity contribution in [1.82, 2.24) is 5.32 Å². The molecule has 3 rings (SSSR count). The lowest BCUT2D eigenvalue weighted by atomic mass is 9.85. The third kappa shape index (κ3) is 4.97. The zero-order valence-electron chi connectivity index (χ0n) is 16.7. The molecular formula is C21H32ClN3O3. The number of nitrogens with one attached hydrogen (secondary N) is 1. The van der Waals surface area contributed by atoms with Crippen molar-refractivity contribution in [3.63, 3.8) is 0 Å². The van der Waals surface area contributed by atoms with Crippen molar-refractivity contribution in [3.05, 3.63) is 24.3 Å². The zero-order valence-corrected chi connectivity index (χ0v) is 17.5. The van der Waals surface area contributed by atoms with E-state index in [0.29, 0.717) is 12.2 Å². The van der Waals surface area contributed by atoms with Gasteiger partial charge in [-0.2, -0.15) is 0 Å². The van der Waals surface area contributed by atoms with Gasteiger partial charge < -0.3 is 20.7 Å². The SMILES string of the molecule is CCC(CC)NC(=O)C1CN(C(=O)C2CCCC(N)C2)c2ccccc2O1.Cl. The van der Waals surface area contributed by atoms with Crippen molar-refractivity contribution in [2.75, 3.05) is 11.4 Å². The number of hydrogen-bond donors (Lipinski definition) is 2. The number of amides is 2. The molecule has 0 spiro atoms. The van der Waals surface area contributed by atoms with Crippen LogP contribution < -0.4 is 20.7 Å². The highest BCUT2D eigenvalue weighted by molar-refractivity contribution is 5.98. The molecule has 1 aliphatic heterocycles. The number of nitrogens with zero attached hydrogens (tertiary/aromatic N) is 1. The first-order valence-electron chi connectivity index (χ1n) is 10.2. The molecule has 1 aliphatic carbocycles. The number of anilines is 1. The number of nitrogens with two attached hydrogens (primary N) is 1. The molecule has 7 heteroatoms. The summed E-state index contributed by atoms with van der Waals surface area (Å²) in [4.78, 5) is 27.7. The van der Waals surface area contributed by atoms with Gasteiger partial charge in [-0.15, -0.1) is 12.4 Å². The van der Waals surface area contributed by atoms with Crippen LogP contribution in [0.4, 0.5) is 5.69 Å². The summed E-state index contributed by atoms with van der Waals surface area (Å²) in [5.74, 6) is 0.405. The lowest BCUT2D eigenvalue weighted by molar-refractivity contribution is -0.129. The molecule has 1 aromatic rings. The topological polar surface area (TPSA) is 84.7 Å². The molecule has 0 bridgehead atoms. The molecule has 2 aliphatic rings. The highest BCUT2D eigenvalue weighted by atomic mass is 35.5. The van der Waals surface area contributed by atoms with Gasteiger partial charge in [0.25, 0.3) is 5.91 Å². The summed E-state index contributed by atoms with van der Waals surface area (Å²) >= 11 is 0. The Labute approximate surface area is 173 Å². The van der Waals surface area contributed by atoms with E-state index in [1.807, 2.05) is 38.1 Å². The average Bonchev–Trinajstić information content (AvgIpc) is 2.70. The maximum absolute atomic E-state index is 13.2. The van der Waals surface area contributed by atoms with Crippen LogP contribution in [0, 0.1) is 5.92 Å². The number of rotatable bonds is 5. The number of fused-ring (bicyclic) bond motifs is 1. The van der Waals surface area contributed by atoms with E-state index < -0.39 is 6.10 Å². The minimum atomic E-state index is -0.693. The van der Waals surface area contributed by atoms with Gasteiger partial charge in [0.15, 0.2) is 6.10 Å². The maximum Gasteiger partial charge on any atom is 0.263 e. The second-order valence-electron chi connectivity index (χ2n) is 7.67. The highest BCUT2D eigenvalue weighted by Gasteiger charge is 2.37. The lowest BCUT2D eigenvalue weighted by Gasteiger charge is -2.37. The van der Waals surface area contributed by atoms with Gasteiger partial charge in [0.2, 0.25) is 5.91 Å². The Bertz CT molecular complexity index is 681. The minimum Gasteiger partial charge on any atom is -0.477 e. The fraction of sp³-hybridized carbons (Fsp3) is 0.619. The van der Waals surface area contributed by atoms with Gasteiger partial charge in [-0.1, -0.05) is 32.4 Å². The molecule has 1 heterocycles. The van der Waals surface area contributed by atoms with Crippen LogP contribution in [-0.2, 0) is 9.59 Å². The molecule has 156 valence electrons. The molecule has 3 unspecified atom stereocenters. The monoisotopic (exact) mass is 409 g/mol. The number of carbonyl (C=O) groups is 2. The third-order valence-electron chi connectivity index (χ3n) is 5.73. The molecule has 3 N–H and O–H groups in total. The molecular weight excluding hydrogens is 378 g/mol. The number of hydrogen-bond acceptors (Lipinski definition) is 4. The van der Waals surface area contributed by atoms with Crippen LogP contribution in [0.25, 0.3) is 0 Å². The quantitative estimate of drug-likeness (QED) is 0.782. The Hall–Kier alpha value is -1.79. The largest absolute Gasteiger partial charge is 0.477 e. The molecule has 6 nitrogen and oxygen atoms in total. The summed E-state index contributed by atoms with van der Waals surface area (Å²) < 4.78 is 5.94. The first-order valence-corrected chi connectivity index (χ1v) is 10.2. The summed E-state index contributed by atoms with van der Waals surface area (Å²) in [6.45, 7) is 4.34. The number of halogens is 1.